The van der Waals surface area contributed by atoms with Crippen LogP contribution in [0.5, 0.6) is 11.5 Å². The minimum absolute atomic E-state index is 0.592. The van der Waals surface area contributed by atoms with E-state index < -0.39 is 0 Å². The number of halogens is 2. The molecule has 0 unspecified atom stereocenters. The average Bonchev–Trinajstić information content (AvgIpc) is 2.17. The fourth-order valence-corrected chi connectivity index (χ4v) is 2.49. The van der Waals surface area contributed by atoms with Gasteiger partial charge >= 0.3 is 0 Å². The van der Waals surface area contributed by atoms with Gasteiger partial charge in [0.15, 0.2) is 11.5 Å². The molecule has 1 aromatic carbocycles. The maximum atomic E-state index is 6.16. The zero-order valence-corrected chi connectivity index (χ0v) is 10.7. The third kappa shape index (κ3) is 1.98. The van der Waals surface area contributed by atoms with E-state index in [1.807, 2.05) is 13.0 Å². The van der Waals surface area contributed by atoms with Crippen LogP contribution in [0.15, 0.2) is 10.5 Å². The quantitative estimate of drug-likeness (QED) is 0.840. The zero-order chi connectivity index (χ0) is 10.7. The number of benzene rings is 1. The van der Waals surface area contributed by atoms with Crippen LogP contribution in [0, 0.1) is 0 Å². The first-order valence-corrected chi connectivity index (χ1v) is 5.41. The molecule has 1 aromatic rings. The summed E-state index contributed by atoms with van der Waals surface area (Å²) in [6.07, 6.45) is 0.847. The number of ether oxygens (including phenoxy) is 2. The van der Waals surface area contributed by atoms with Gasteiger partial charge in [-0.15, -0.1) is 0 Å². The van der Waals surface area contributed by atoms with Crippen molar-refractivity contribution in [1.29, 1.82) is 0 Å². The van der Waals surface area contributed by atoms with Crippen molar-refractivity contribution in [3.05, 3.63) is 21.1 Å². The second-order valence-corrected chi connectivity index (χ2v) is 3.97. The van der Waals surface area contributed by atoms with E-state index in [2.05, 4.69) is 15.9 Å². The molecule has 78 valence electrons. The molecule has 0 fully saturated rings. The first kappa shape index (κ1) is 11.7. The Bertz CT molecular complexity index is 339. The van der Waals surface area contributed by atoms with Crippen molar-refractivity contribution in [2.24, 2.45) is 0 Å². The molecule has 0 saturated heterocycles. The predicted molar refractivity (Wildman–Crippen MR) is 61.6 cm³/mol. The molecule has 0 aliphatic heterocycles. The van der Waals surface area contributed by atoms with Gasteiger partial charge in [-0.3, -0.25) is 0 Å². The molecule has 0 heterocycles. The van der Waals surface area contributed by atoms with Crippen molar-refractivity contribution >= 4 is 27.5 Å². The Morgan fingerprint density at radius 3 is 2.43 bits per heavy atom. The predicted octanol–water partition coefficient (Wildman–Crippen LogP) is 3.68. The second kappa shape index (κ2) is 4.89. The lowest BCUT2D eigenvalue weighted by molar-refractivity contribution is 0.354. The molecule has 0 spiro atoms. The van der Waals surface area contributed by atoms with Gasteiger partial charge in [0.05, 0.1) is 19.2 Å². The summed E-state index contributed by atoms with van der Waals surface area (Å²) >= 11 is 9.61. The lowest BCUT2D eigenvalue weighted by Crippen LogP contribution is -1.95. The summed E-state index contributed by atoms with van der Waals surface area (Å²) in [4.78, 5) is 0. The van der Waals surface area contributed by atoms with Crippen molar-refractivity contribution in [3.8, 4) is 11.5 Å². The molecular formula is C10H12BrClO2. The highest BCUT2D eigenvalue weighted by Gasteiger charge is 2.15. The first-order valence-electron chi connectivity index (χ1n) is 4.24. The summed E-state index contributed by atoms with van der Waals surface area (Å²) in [5.41, 5.74) is 1.03. The highest BCUT2D eigenvalue weighted by atomic mass is 79.9. The Morgan fingerprint density at radius 2 is 2.00 bits per heavy atom. The van der Waals surface area contributed by atoms with Gasteiger partial charge < -0.3 is 9.47 Å². The molecular weight excluding hydrogens is 267 g/mol. The van der Waals surface area contributed by atoms with Crippen LogP contribution in [0.1, 0.15) is 12.5 Å². The molecule has 0 aromatic heterocycles. The third-order valence-electron chi connectivity index (χ3n) is 2.01. The average molecular weight is 280 g/mol. The molecule has 0 aliphatic carbocycles. The van der Waals surface area contributed by atoms with Gasteiger partial charge in [0.25, 0.3) is 0 Å². The van der Waals surface area contributed by atoms with Crippen LogP contribution in [-0.2, 0) is 6.42 Å². The Morgan fingerprint density at radius 1 is 1.36 bits per heavy atom. The highest BCUT2D eigenvalue weighted by Crippen LogP contribution is 2.41. The fraction of sp³-hybridized carbons (Fsp3) is 0.400. The Hall–Kier alpha value is -0.410. The minimum Gasteiger partial charge on any atom is -0.493 e. The Kier molecular flexibility index (Phi) is 4.08. The van der Waals surface area contributed by atoms with Gasteiger partial charge in [0, 0.05) is 4.47 Å². The van der Waals surface area contributed by atoms with Crippen LogP contribution in [0.4, 0.5) is 0 Å². The maximum absolute atomic E-state index is 6.16. The van der Waals surface area contributed by atoms with E-state index >= 15 is 0 Å². The smallest absolute Gasteiger partial charge is 0.179 e. The third-order valence-corrected chi connectivity index (χ3v) is 3.12. The van der Waals surface area contributed by atoms with Crippen LogP contribution < -0.4 is 9.47 Å². The van der Waals surface area contributed by atoms with E-state index in [0.717, 1.165) is 16.5 Å². The van der Waals surface area contributed by atoms with Crippen molar-refractivity contribution in [2.45, 2.75) is 13.3 Å². The van der Waals surface area contributed by atoms with Gasteiger partial charge in [-0.1, -0.05) is 34.5 Å². The summed E-state index contributed by atoms with van der Waals surface area (Å²) in [6.45, 7) is 2.04. The lowest BCUT2D eigenvalue weighted by Gasteiger charge is -2.13. The van der Waals surface area contributed by atoms with E-state index in [1.54, 1.807) is 14.2 Å². The van der Waals surface area contributed by atoms with Crippen LogP contribution >= 0.6 is 27.5 Å². The van der Waals surface area contributed by atoms with Gasteiger partial charge in [0.1, 0.15) is 0 Å². The molecule has 0 aliphatic rings. The van der Waals surface area contributed by atoms with Crippen molar-refractivity contribution in [2.75, 3.05) is 14.2 Å². The summed E-state index contributed by atoms with van der Waals surface area (Å²) in [6, 6.07) is 1.86. The molecule has 0 amide bonds. The Labute approximate surface area is 97.3 Å². The summed E-state index contributed by atoms with van der Waals surface area (Å²) in [5, 5.41) is 0.612. The Balaban J connectivity index is 3.39. The SMILES string of the molecule is CCc1c(Br)cc(OC)c(OC)c1Cl. The summed E-state index contributed by atoms with van der Waals surface area (Å²) in [7, 11) is 3.17. The van der Waals surface area contributed by atoms with Crippen molar-refractivity contribution in [3.63, 3.8) is 0 Å². The normalized spacial score (nSPS) is 10.1. The molecule has 14 heavy (non-hydrogen) atoms. The highest BCUT2D eigenvalue weighted by molar-refractivity contribution is 9.10. The molecule has 2 nitrogen and oxygen atoms in total. The summed E-state index contributed by atoms with van der Waals surface area (Å²) in [5.74, 6) is 1.23. The van der Waals surface area contributed by atoms with Gasteiger partial charge in [-0.2, -0.15) is 0 Å². The number of rotatable bonds is 3. The lowest BCUT2D eigenvalue weighted by atomic mass is 10.1. The maximum Gasteiger partial charge on any atom is 0.179 e. The number of hydrogen-bond donors (Lipinski definition) is 0. The van der Waals surface area contributed by atoms with Gasteiger partial charge in [0.2, 0.25) is 0 Å². The number of methoxy groups -OCH3 is 2. The van der Waals surface area contributed by atoms with Crippen LogP contribution in [0.3, 0.4) is 0 Å². The van der Waals surface area contributed by atoms with Crippen molar-refractivity contribution < 1.29 is 9.47 Å². The topological polar surface area (TPSA) is 18.5 Å². The van der Waals surface area contributed by atoms with Crippen LogP contribution in [-0.4, -0.2) is 14.2 Å². The fourth-order valence-electron chi connectivity index (χ4n) is 1.28. The van der Waals surface area contributed by atoms with Gasteiger partial charge in [-0.05, 0) is 18.1 Å². The molecule has 0 radical (unpaired) electrons. The zero-order valence-electron chi connectivity index (χ0n) is 8.36. The van der Waals surface area contributed by atoms with E-state index in [-0.39, 0.29) is 0 Å². The monoisotopic (exact) mass is 278 g/mol. The summed E-state index contributed by atoms with van der Waals surface area (Å²) < 4.78 is 11.3. The molecule has 0 atom stereocenters. The van der Waals surface area contributed by atoms with E-state index in [4.69, 9.17) is 21.1 Å². The molecule has 0 N–H and O–H groups in total. The van der Waals surface area contributed by atoms with Gasteiger partial charge in [-0.25, -0.2) is 0 Å². The molecule has 0 saturated carbocycles. The first-order chi connectivity index (χ1) is 6.65. The minimum atomic E-state index is 0.592. The molecule has 4 heteroatoms. The molecule has 0 bridgehead atoms. The van der Waals surface area contributed by atoms with Crippen molar-refractivity contribution in [1.82, 2.24) is 0 Å². The standard InChI is InChI=1S/C10H12BrClO2/c1-4-6-7(11)5-8(13-2)10(14-3)9(6)12/h5H,4H2,1-3H3. The number of hydrogen-bond acceptors (Lipinski definition) is 2. The second-order valence-electron chi connectivity index (χ2n) is 2.74. The van der Waals surface area contributed by atoms with Crippen LogP contribution in [0.2, 0.25) is 5.02 Å². The van der Waals surface area contributed by atoms with E-state index in [0.29, 0.717) is 16.5 Å². The largest absolute Gasteiger partial charge is 0.493 e. The van der Waals surface area contributed by atoms with E-state index in [1.165, 1.54) is 0 Å². The van der Waals surface area contributed by atoms with E-state index in [9.17, 15) is 0 Å². The molecule has 1 rings (SSSR count). The van der Waals surface area contributed by atoms with Crippen LogP contribution in [0.25, 0.3) is 0 Å².